The lowest BCUT2D eigenvalue weighted by atomic mass is 10.1. The number of piperidine rings is 1. The van der Waals surface area contributed by atoms with Gasteiger partial charge in [0.2, 0.25) is 0 Å². The van der Waals surface area contributed by atoms with Crippen molar-refractivity contribution in [2.75, 3.05) is 17.9 Å². The van der Waals surface area contributed by atoms with E-state index in [1.54, 1.807) is 23.7 Å². The Labute approximate surface area is 127 Å². The fraction of sp³-hybridized carbons (Fsp3) is 0.462. The third-order valence-electron chi connectivity index (χ3n) is 3.67. The van der Waals surface area contributed by atoms with Gasteiger partial charge in [0.25, 0.3) is 0 Å². The first-order chi connectivity index (χ1) is 10.1. The molecule has 0 saturated carbocycles. The Kier molecular flexibility index (Phi) is 4.12. The molecule has 114 valence electrons. The van der Waals surface area contributed by atoms with Crippen molar-refractivity contribution >= 4 is 37.5 Å². The lowest BCUT2D eigenvalue weighted by Gasteiger charge is -2.33. The number of aliphatic hydroxyl groups is 1. The number of aromatic nitrogens is 1. The second-order valence-electron chi connectivity index (χ2n) is 5.08. The number of hydrogen-bond donors (Lipinski definition) is 2. The van der Waals surface area contributed by atoms with E-state index in [2.05, 4.69) is 9.71 Å². The van der Waals surface area contributed by atoms with E-state index < -0.39 is 10.2 Å². The molecule has 3 rings (SSSR count). The first-order valence-electron chi connectivity index (χ1n) is 6.84. The van der Waals surface area contributed by atoms with Crippen LogP contribution in [0.5, 0.6) is 0 Å². The van der Waals surface area contributed by atoms with Crippen LogP contribution in [0, 0.1) is 0 Å². The number of fused-ring (bicyclic) bond motifs is 1. The Morgan fingerprint density at radius 1 is 1.43 bits per heavy atom. The van der Waals surface area contributed by atoms with Gasteiger partial charge in [0.05, 0.1) is 28.0 Å². The summed E-state index contributed by atoms with van der Waals surface area (Å²) in [5, 5.41) is 9.36. The van der Waals surface area contributed by atoms with Gasteiger partial charge in [-0.3, -0.25) is 4.72 Å². The van der Waals surface area contributed by atoms with Crippen molar-refractivity contribution in [2.24, 2.45) is 0 Å². The largest absolute Gasteiger partial charge is 0.395 e. The molecule has 1 aliphatic heterocycles. The molecule has 0 spiro atoms. The van der Waals surface area contributed by atoms with Crippen molar-refractivity contribution in [2.45, 2.75) is 25.3 Å². The van der Waals surface area contributed by atoms with Crippen LogP contribution >= 0.6 is 11.3 Å². The summed E-state index contributed by atoms with van der Waals surface area (Å²) in [7, 11) is -3.64. The maximum absolute atomic E-state index is 12.5. The summed E-state index contributed by atoms with van der Waals surface area (Å²) in [6.07, 6.45) is 2.47. The van der Waals surface area contributed by atoms with Crippen molar-refractivity contribution in [3.05, 3.63) is 23.7 Å². The van der Waals surface area contributed by atoms with E-state index in [1.807, 2.05) is 0 Å². The molecule has 2 aromatic rings. The molecule has 0 aliphatic carbocycles. The van der Waals surface area contributed by atoms with Gasteiger partial charge in [-0.25, -0.2) is 4.98 Å². The van der Waals surface area contributed by atoms with Crippen LogP contribution in [0.4, 0.5) is 5.69 Å². The molecular weight excluding hydrogens is 310 g/mol. The van der Waals surface area contributed by atoms with E-state index in [0.29, 0.717) is 18.7 Å². The van der Waals surface area contributed by atoms with Crippen molar-refractivity contribution < 1.29 is 13.5 Å². The zero-order chi connectivity index (χ0) is 14.9. The highest BCUT2D eigenvalue weighted by atomic mass is 32.2. The number of aliphatic hydroxyl groups excluding tert-OH is 1. The SMILES string of the molecule is O=S(=O)(Nc1ccc2ncsc2c1)N1CCCCC1CO. The molecule has 8 heteroatoms. The highest BCUT2D eigenvalue weighted by Crippen LogP contribution is 2.25. The molecule has 1 aromatic heterocycles. The molecular formula is C13H17N3O3S2. The zero-order valence-corrected chi connectivity index (χ0v) is 13.0. The summed E-state index contributed by atoms with van der Waals surface area (Å²) in [5.74, 6) is 0. The normalized spacial score (nSPS) is 20.7. The first-order valence-corrected chi connectivity index (χ1v) is 9.16. The molecule has 0 radical (unpaired) electrons. The van der Waals surface area contributed by atoms with E-state index in [0.717, 1.165) is 23.1 Å². The molecule has 21 heavy (non-hydrogen) atoms. The van der Waals surface area contributed by atoms with Crippen LogP contribution in [0.1, 0.15) is 19.3 Å². The van der Waals surface area contributed by atoms with Crippen LogP contribution < -0.4 is 4.72 Å². The summed E-state index contributed by atoms with van der Waals surface area (Å²) in [6.45, 7) is 0.304. The van der Waals surface area contributed by atoms with Crippen LogP contribution in [-0.2, 0) is 10.2 Å². The summed E-state index contributed by atoms with van der Waals surface area (Å²) in [5.41, 5.74) is 3.11. The monoisotopic (exact) mass is 327 g/mol. The van der Waals surface area contributed by atoms with Crippen LogP contribution in [0.2, 0.25) is 0 Å². The smallest absolute Gasteiger partial charge is 0.301 e. The Hall–Kier alpha value is -1.22. The summed E-state index contributed by atoms with van der Waals surface area (Å²) in [6, 6.07) is 4.95. The van der Waals surface area contributed by atoms with Gasteiger partial charge in [-0.15, -0.1) is 11.3 Å². The Morgan fingerprint density at radius 2 is 2.29 bits per heavy atom. The van der Waals surface area contributed by atoms with Crippen molar-refractivity contribution in [1.29, 1.82) is 0 Å². The topological polar surface area (TPSA) is 82.5 Å². The number of benzene rings is 1. The van der Waals surface area contributed by atoms with Crippen LogP contribution in [0.3, 0.4) is 0 Å². The maximum atomic E-state index is 12.5. The van der Waals surface area contributed by atoms with Gasteiger partial charge in [0.1, 0.15) is 0 Å². The number of rotatable bonds is 4. The molecule has 1 aromatic carbocycles. The van der Waals surface area contributed by atoms with Gasteiger partial charge in [-0.05, 0) is 31.0 Å². The maximum Gasteiger partial charge on any atom is 0.301 e. The third kappa shape index (κ3) is 3.03. The van der Waals surface area contributed by atoms with Crippen LogP contribution in [-0.4, -0.2) is 42.0 Å². The number of thiazole rings is 1. The minimum absolute atomic E-state index is 0.144. The predicted molar refractivity (Wildman–Crippen MR) is 83.6 cm³/mol. The van der Waals surface area contributed by atoms with Crippen LogP contribution in [0.15, 0.2) is 23.7 Å². The summed E-state index contributed by atoms with van der Waals surface area (Å²) < 4.78 is 29.9. The lowest BCUT2D eigenvalue weighted by Crippen LogP contribution is -2.47. The molecule has 2 N–H and O–H groups in total. The number of nitrogens with one attached hydrogen (secondary N) is 1. The Morgan fingerprint density at radius 3 is 3.10 bits per heavy atom. The van der Waals surface area contributed by atoms with Crippen molar-refractivity contribution in [1.82, 2.24) is 9.29 Å². The van der Waals surface area contributed by atoms with Gasteiger partial charge >= 0.3 is 10.2 Å². The van der Waals surface area contributed by atoms with Gasteiger partial charge in [-0.1, -0.05) is 6.42 Å². The van der Waals surface area contributed by atoms with Gasteiger partial charge in [-0.2, -0.15) is 12.7 Å². The minimum Gasteiger partial charge on any atom is -0.395 e. The molecule has 1 aliphatic rings. The first kappa shape index (κ1) is 14.7. The van der Waals surface area contributed by atoms with E-state index in [1.165, 1.54) is 15.6 Å². The quantitative estimate of drug-likeness (QED) is 0.897. The van der Waals surface area contributed by atoms with E-state index in [4.69, 9.17) is 0 Å². The zero-order valence-electron chi connectivity index (χ0n) is 11.4. The van der Waals surface area contributed by atoms with Crippen molar-refractivity contribution in [3.63, 3.8) is 0 Å². The second-order valence-corrected chi connectivity index (χ2v) is 7.59. The molecule has 1 fully saturated rings. The van der Waals surface area contributed by atoms with Gasteiger partial charge in [0, 0.05) is 12.6 Å². The molecule has 6 nitrogen and oxygen atoms in total. The highest BCUT2D eigenvalue weighted by Gasteiger charge is 2.31. The Balaban J connectivity index is 1.84. The standard InChI is InChI=1S/C13H17N3O3S2/c17-8-11-3-1-2-6-16(11)21(18,19)15-10-4-5-12-13(7-10)20-9-14-12/h4-5,7,9,11,15,17H,1-3,6,8H2. The molecule has 1 saturated heterocycles. The number of anilines is 1. The van der Waals surface area contributed by atoms with Crippen molar-refractivity contribution in [3.8, 4) is 0 Å². The third-order valence-corrected chi connectivity index (χ3v) is 6.05. The molecule has 2 heterocycles. The molecule has 0 bridgehead atoms. The molecule has 1 atom stereocenters. The number of nitrogens with zero attached hydrogens (tertiary/aromatic N) is 2. The lowest BCUT2D eigenvalue weighted by molar-refractivity contribution is 0.156. The average Bonchev–Trinajstić information content (AvgIpc) is 2.94. The Bertz CT molecular complexity index is 729. The predicted octanol–water partition coefficient (Wildman–Crippen LogP) is 1.80. The summed E-state index contributed by atoms with van der Waals surface area (Å²) in [4.78, 5) is 4.17. The van der Waals surface area contributed by atoms with Gasteiger partial charge < -0.3 is 5.11 Å². The van der Waals surface area contributed by atoms with E-state index >= 15 is 0 Å². The summed E-state index contributed by atoms with van der Waals surface area (Å²) >= 11 is 1.47. The second kappa shape index (κ2) is 5.88. The molecule has 1 unspecified atom stereocenters. The number of hydrogen-bond acceptors (Lipinski definition) is 5. The fourth-order valence-corrected chi connectivity index (χ4v) is 4.79. The highest BCUT2D eigenvalue weighted by molar-refractivity contribution is 7.90. The average molecular weight is 327 g/mol. The van der Waals surface area contributed by atoms with Crippen LogP contribution in [0.25, 0.3) is 10.2 Å². The fourth-order valence-electron chi connectivity index (χ4n) is 2.60. The van der Waals surface area contributed by atoms with E-state index in [9.17, 15) is 13.5 Å². The van der Waals surface area contributed by atoms with Gasteiger partial charge in [0.15, 0.2) is 0 Å². The molecule has 0 amide bonds. The minimum atomic E-state index is -3.64. The van der Waals surface area contributed by atoms with E-state index in [-0.39, 0.29) is 12.6 Å².